The number of H-pyrrole nitrogens is 1. The number of halogens is 1. The molecule has 2 N–H and O–H groups in total. The van der Waals surface area contributed by atoms with Crippen LogP contribution in [0.4, 0.5) is 4.39 Å². The van der Waals surface area contributed by atoms with Gasteiger partial charge >= 0.3 is 0 Å². The van der Waals surface area contributed by atoms with E-state index in [-0.39, 0.29) is 5.03 Å². The Morgan fingerprint density at radius 3 is 2.78 bits per heavy atom. The van der Waals surface area contributed by atoms with Gasteiger partial charge in [0.2, 0.25) is 0 Å². The predicted molar refractivity (Wildman–Crippen MR) is 63.7 cm³/mol. The predicted octanol–water partition coefficient (Wildman–Crippen LogP) is 1.59. The van der Waals surface area contributed by atoms with Crippen molar-refractivity contribution in [3.8, 4) is 0 Å². The van der Waals surface area contributed by atoms with Crippen LogP contribution in [-0.4, -0.2) is 18.6 Å². The maximum absolute atomic E-state index is 13.0. The van der Waals surface area contributed by atoms with Gasteiger partial charge in [-0.3, -0.25) is 5.10 Å². The number of benzene rings is 1. The van der Waals surface area contributed by atoms with Gasteiger partial charge in [0.05, 0.1) is 6.20 Å². The van der Waals surface area contributed by atoms with Gasteiger partial charge in [0.25, 0.3) is 10.0 Å². The summed E-state index contributed by atoms with van der Waals surface area (Å²) in [6, 6.07) is 6.60. The highest BCUT2D eigenvalue weighted by atomic mass is 32.2. The Kier molecular flexibility index (Phi) is 3.44. The second-order valence-corrected chi connectivity index (χ2v) is 5.50. The molecule has 0 saturated carbocycles. The molecule has 0 aliphatic heterocycles. The number of sulfonamides is 1. The highest BCUT2D eigenvalue weighted by molar-refractivity contribution is 7.89. The third kappa shape index (κ3) is 2.74. The van der Waals surface area contributed by atoms with Crippen LogP contribution in [-0.2, 0) is 10.0 Å². The molecule has 1 aromatic carbocycles. The SMILES string of the molecule is CC(NS(=O)(=O)c1ccn[nH]1)c1cccc(F)c1. The minimum absolute atomic E-state index is 0.0225. The summed E-state index contributed by atoms with van der Waals surface area (Å²) in [6.45, 7) is 1.64. The molecule has 0 fully saturated rings. The molecule has 96 valence electrons. The Hall–Kier alpha value is -1.73. The molecule has 0 aliphatic rings. The summed E-state index contributed by atoms with van der Waals surface area (Å²) in [4.78, 5) is 0. The zero-order chi connectivity index (χ0) is 13.2. The lowest BCUT2D eigenvalue weighted by Gasteiger charge is -2.13. The molecule has 1 heterocycles. The minimum Gasteiger partial charge on any atom is -0.266 e. The molecular formula is C11H12FN3O2S. The van der Waals surface area contributed by atoms with E-state index in [9.17, 15) is 12.8 Å². The van der Waals surface area contributed by atoms with Crippen LogP contribution >= 0.6 is 0 Å². The Bertz CT molecular complexity index is 625. The molecule has 18 heavy (non-hydrogen) atoms. The van der Waals surface area contributed by atoms with Crippen LogP contribution in [0.5, 0.6) is 0 Å². The summed E-state index contributed by atoms with van der Waals surface area (Å²) < 4.78 is 39.2. The largest absolute Gasteiger partial charge is 0.266 e. The Morgan fingerprint density at radius 1 is 1.39 bits per heavy atom. The van der Waals surface area contributed by atoms with Crippen molar-refractivity contribution in [1.29, 1.82) is 0 Å². The fraction of sp³-hybridized carbons (Fsp3) is 0.182. The van der Waals surface area contributed by atoms with E-state index in [1.165, 1.54) is 30.5 Å². The normalized spacial score (nSPS) is 13.4. The van der Waals surface area contributed by atoms with Gasteiger partial charge in [0, 0.05) is 6.04 Å². The molecule has 0 aliphatic carbocycles. The van der Waals surface area contributed by atoms with Crippen molar-refractivity contribution in [2.24, 2.45) is 0 Å². The number of aromatic nitrogens is 2. The summed E-state index contributed by atoms with van der Waals surface area (Å²) in [5.74, 6) is -0.403. The Balaban J connectivity index is 2.20. The third-order valence-electron chi connectivity index (χ3n) is 2.45. The van der Waals surface area contributed by atoms with E-state index in [1.807, 2.05) is 0 Å². The van der Waals surface area contributed by atoms with Gasteiger partial charge in [-0.1, -0.05) is 12.1 Å². The quantitative estimate of drug-likeness (QED) is 0.885. The number of nitrogens with zero attached hydrogens (tertiary/aromatic N) is 1. The van der Waals surface area contributed by atoms with Gasteiger partial charge in [-0.05, 0) is 30.7 Å². The highest BCUT2D eigenvalue weighted by Crippen LogP contribution is 2.16. The fourth-order valence-electron chi connectivity index (χ4n) is 1.53. The molecule has 0 radical (unpaired) electrons. The summed E-state index contributed by atoms with van der Waals surface area (Å²) in [5.41, 5.74) is 0.554. The van der Waals surface area contributed by atoms with E-state index in [2.05, 4.69) is 14.9 Å². The molecule has 5 nitrogen and oxygen atoms in total. The first-order valence-electron chi connectivity index (χ1n) is 5.26. The lowest BCUT2D eigenvalue weighted by molar-refractivity contribution is 0.560. The number of rotatable bonds is 4. The number of nitrogens with one attached hydrogen (secondary N) is 2. The molecule has 1 atom stereocenters. The van der Waals surface area contributed by atoms with Gasteiger partial charge in [-0.15, -0.1) is 0 Å². The van der Waals surface area contributed by atoms with Crippen LogP contribution in [0.2, 0.25) is 0 Å². The van der Waals surface area contributed by atoms with Crippen LogP contribution in [0.1, 0.15) is 18.5 Å². The van der Waals surface area contributed by atoms with Gasteiger partial charge in [-0.2, -0.15) is 5.10 Å². The molecular weight excluding hydrogens is 257 g/mol. The first kappa shape index (κ1) is 12.7. The first-order valence-corrected chi connectivity index (χ1v) is 6.74. The van der Waals surface area contributed by atoms with Gasteiger partial charge in [-0.25, -0.2) is 17.5 Å². The van der Waals surface area contributed by atoms with E-state index < -0.39 is 21.9 Å². The van der Waals surface area contributed by atoms with Crippen molar-refractivity contribution in [3.05, 3.63) is 47.9 Å². The van der Waals surface area contributed by atoms with E-state index in [1.54, 1.807) is 13.0 Å². The molecule has 0 saturated heterocycles. The second-order valence-electron chi connectivity index (χ2n) is 3.82. The molecule has 0 spiro atoms. The van der Waals surface area contributed by atoms with Crippen molar-refractivity contribution in [1.82, 2.24) is 14.9 Å². The average Bonchev–Trinajstić information content (AvgIpc) is 2.82. The topological polar surface area (TPSA) is 74.8 Å². The van der Waals surface area contributed by atoms with E-state index in [4.69, 9.17) is 0 Å². The van der Waals surface area contributed by atoms with Crippen molar-refractivity contribution < 1.29 is 12.8 Å². The van der Waals surface area contributed by atoms with Crippen molar-refractivity contribution in [2.45, 2.75) is 18.0 Å². The molecule has 0 bridgehead atoms. The maximum atomic E-state index is 13.0. The molecule has 0 amide bonds. The maximum Gasteiger partial charge on any atom is 0.258 e. The summed E-state index contributed by atoms with van der Waals surface area (Å²) in [6.07, 6.45) is 1.35. The molecule has 7 heteroatoms. The van der Waals surface area contributed by atoms with Crippen LogP contribution in [0.25, 0.3) is 0 Å². The molecule has 2 rings (SSSR count). The third-order valence-corrected chi connectivity index (χ3v) is 3.92. The lowest BCUT2D eigenvalue weighted by Crippen LogP contribution is -2.27. The van der Waals surface area contributed by atoms with Crippen LogP contribution < -0.4 is 4.72 Å². The number of hydrogen-bond acceptors (Lipinski definition) is 3. The van der Waals surface area contributed by atoms with Gasteiger partial charge in [0.15, 0.2) is 5.03 Å². The standard InChI is InChI=1S/C11H12FN3O2S/c1-8(9-3-2-4-10(12)7-9)15-18(16,17)11-5-6-13-14-11/h2-8,15H,1H3,(H,13,14). The smallest absolute Gasteiger partial charge is 0.258 e. The van der Waals surface area contributed by atoms with Gasteiger partial charge < -0.3 is 0 Å². The van der Waals surface area contributed by atoms with Crippen LogP contribution in [0.15, 0.2) is 41.6 Å². The monoisotopic (exact) mass is 269 g/mol. The van der Waals surface area contributed by atoms with E-state index >= 15 is 0 Å². The Morgan fingerprint density at radius 2 is 2.17 bits per heavy atom. The highest BCUT2D eigenvalue weighted by Gasteiger charge is 2.19. The zero-order valence-corrected chi connectivity index (χ0v) is 10.4. The number of hydrogen-bond donors (Lipinski definition) is 2. The van der Waals surface area contributed by atoms with Crippen molar-refractivity contribution >= 4 is 10.0 Å². The summed E-state index contributed by atoms with van der Waals surface area (Å²) in [7, 11) is -3.67. The minimum atomic E-state index is -3.67. The van der Waals surface area contributed by atoms with E-state index in [0.29, 0.717) is 5.56 Å². The molecule has 2 aromatic rings. The van der Waals surface area contributed by atoms with Crippen LogP contribution in [0.3, 0.4) is 0 Å². The molecule has 1 aromatic heterocycles. The zero-order valence-electron chi connectivity index (χ0n) is 9.59. The molecule has 1 unspecified atom stereocenters. The average molecular weight is 269 g/mol. The second kappa shape index (κ2) is 4.87. The Labute approximate surface area is 104 Å². The van der Waals surface area contributed by atoms with Gasteiger partial charge in [0.1, 0.15) is 5.82 Å². The fourth-order valence-corrected chi connectivity index (χ4v) is 2.67. The summed E-state index contributed by atoms with van der Waals surface area (Å²) >= 11 is 0. The van der Waals surface area contributed by atoms with Crippen LogP contribution in [0, 0.1) is 5.82 Å². The van der Waals surface area contributed by atoms with Crippen molar-refractivity contribution in [3.63, 3.8) is 0 Å². The first-order chi connectivity index (χ1) is 8.49. The van der Waals surface area contributed by atoms with Crippen molar-refractivity contribution in [2.75, 3.05) is 0 Å². The number of aromatic amines is 1. The van der Waals surface area contributed by atoms with E-state index in [0.717, 1.165) is 0 Å². The summed E-state index contributed by atoms with van der Waals surface area (Å²) in [5, 5.41) is 5.93. The lowest BCUT2D eigenvalue weighted by atomic mass is 10.1.